The lowest BCUT2D eigenvalue weighted by molar-refractivity contribution is -0.114. The van der Waals surface area contributed by atoms with Crippen molar-refractivity contribution in [1.82, 2.24) is 0 Å². The number of rotatable bonds is 10. The number of benzene rings is 4. The van der Waals surface area contributed by atoms with Crippen molar-refractivity contribution in [1.29, 1.82) is 0 Å². The van der Waals surface area contributed by atoms with Gasteiger partial charge in [0.05, 0.1) is 29.3 Å². The normalized spacial score (nSPS) is 11.1. The van der Waals surface area contributed by atoms with Crippen LogP contribution in [0.25, 0.3) is 0 Å². The Kier molecular flexibility index (Phi) is 9.24. The second-order valence-corrected chi connectivity index (χ2v) is 11.3. The van der Waals surface area contributed by atoms with Crippen LogP contribution in [-0.2, 0) is 21.2 Å². The van der Waals surface area contributed by atoms with Gasteiger partial charge in [-0.3, -0.25) is 4.79 Å². The second kappa shape index (κ2) is 12.6. The van der Waals surface area contributed by atoms with Gasteiger partial charge in [0.2, 0.25) is 15.7 Å². The van der Waals surface area contributed by atoms with Crippen molar-refractivity contribution in [3.8, 4) is 11.5 Å². The third kappa shape index (κ3) is 6.96. The van der Waals surface area contributed by atoms with Crippen molar-refractivity contribution < 1.29 is 22.7 Å². The molecule has 202 valence electrons. The van der Waals surface area contributed by atoms with E-state index < -0.39 is 15.7 Å². The number of hydrogen-bond acceptors (Lipinski definition) is 6. The first-order chi connectivity index (χ1) is 18.7. The number of ether oxygens (including phenoxy) is 2. The van der Waals surface area contributed by atoms with Crippen LogP contribution < -0.4 is 20.1 Å². The van der Waals surface area contributed by atoms with Gasteiger partial charge in [-0.25, -0.2) is 8.42 Å². The summed E-state index contributed by atoms with van der Waals surface area (Å²) in [6.45, 7) is -0.0924. The number of carbonyl (C=O) groups excluding carboxylic acids is 1. The molecule has 1 amide bonds. The monoisotopic (exact) mass is 604 g/mol. The van der Waals surface area contributed by atoms with E-state index in [1.165, 1.54) is 37.4 Å². The van der Waals surface area contributed by atoms with Crippen LogP contribution in [0.2, 0.25) is 15.1 Å². The van der Waals surface area contributed by atoms with Gasteiger partial charge in [-0.15, -0.1) is 0 Å². The summed E-state index contributed by atoms with van der Waals surface area (Å²) < 4.78 is 38.4. The molecule has 11 heteroatoms. The molecule has 0 aliphatic heterocycles. The first-order valence-electron chi connectivity index (χ1n) is 11.6. The zero-order valence-electron chi connectivity index (χ0n) is 20.6. The summed E-state index contributed by atoms with van der Waals surface area (Å²) in [5, 5.41) is 5.80. The maximum atomic E-state index is 13.7. The van der Waals surface area contributed by atoms with E-state index in [1.807, 2.05) is 30.3 Å². The molecule has 7 nitrogen and oxygen atoms in total. The largest absolute Gasteiger partial charge is 0.497 e. The topological polar surface area (TPSA) is 93.7 Å². The van der Waals surface area contributed by atoms with E-state index in [-0.39, 0.29) is 44.4 Å². The molecule has 0 aliphatic carbocycles. The standard InChI is InChI=1S/C28H23Cl3N2O5S/c1-37-21-11-13-22(14-12-21)39(35,36)28-26(30)23(32-16-25(34)33-20-9-7-19(29)8-10-20)15-24(27(28)31)38-17-18-5-3-2-4-6-18/h2-15,32H,16-17H2,1H3,(H,33,34). The summed E-state index contributed by atoms with van der Waals surface area (Å²) in [5.74, 6) is 0.174. The summed E-state index contributed by atoms with van der Waals surface area (Å²) in [6, 6.07) is 23.2. The predicted molar refractivity (Wildman–Crippen MR) is 154 cm³/mol. The zero-order chi connectivity index (χ0) is 28.0. The summed E-state index contributed by atoms with van der Waals surface area (Å²) in [7, 11) is -2.72. The number of nitrogens with one attached hydrogen (secondary N) is 2. The van der Waals surface area contributed by atoms with Gasteiger partial charge in [-0.05, 0) is 54.1 Å². The lowest BCUT2D eigenvalue weighted by Crippen LogP contribution is -2.22. The highest BCUT2D eigenvalue weighted by Crippen LogP contribution is 2.44. The average Bonchev–Trinajstić information content (AvgIpc) is 2.94. The molecule has 0 spiro atoms. The van der Waals surface area contributed by atoms with Gasteiger partial charge in [0, 0.05) is 16.8 Å². The Labute approximate surface area is 241 Å². The van der Waals surface area contributed by atoms with E-state index in [0.29, 0.717) is 16.5 Å². The number of sulfone groups is 1. The molecule has 0 atom stereocenters. The number of halogens is 3. The summed E-state index contributed by atoms with van der Waals surface area (Å²) in [5.41, 5.74) is 1.55. The number of anilines is 2. The van der Waals surface area contributed by atoms with Crippen LogP contribution in [0, 0.1) is 0 Å². The fourth-order valence-corrected chi connectivity index (χ4v) is 6.20. The van der Waals surface area contributed by atoms with Crippen molar-refractivity contribution in [2.45, 2.75) is 16.4 Å². The molecule has 0 radical (unpaired) electrons. The Morgan fingerprint density at radius 1 is 0.872 bits per heavy atom. The molecule has 0 unspecified atom stereocenters. The Bertz CT molecular complexity index is 1560. The van der Waals surface area contributed by atoms with Crippen molar-refractivity contribution in [2.75, 3.05) is 24.3 Å². The van der Waals surface area contributed by atoms with Crippen molar-refractivity contribution in [3.05, 3.63) is 106 Å². The van der Waals surface area contributed by atoms with Crippen LogP contribution in [0.15, 0.2) is 94.7 Å². The van der Waals surface area contributed by atoms with Gasteiger partial charge >= 0.3 is 0 Å². The maximum absolute atomic E-state index is 13.7. The van der Waals surface area contributed by atoms with Gasteiger partial charge in [0.1, 0.15) is 28.0 Å². The van der Waals surface area contributed by atoms with Gasteiger partial charge in [-0.1, -0.05) is 65.1 Å². The molecule has 0 heterocycles. The minimum Gasteiger partial charge on any atom is -0.497 e. The van der Waals surface area contributed by atoms with Crippen LogP contribution in [0.1, 0.15) is 5.56 Å². The minimum atomic E-state index is -4.20. The van der Waals surface area contributed by atoms with Crippen LogP contribution in [0.5, 0.6) is 11.5 Å². The molecule has 0 aromatic heterocycles. The maximum Gasteiger partial charge on any atom is 0.243 e. The summed E-state index contributed by atoms with van der Waals surface area (Å²) >= 11 is 19.1. The molecule has 39 heavy (non-hydrogen) atoms. The van der Waals surface area contributed by atoms with Crippen LogP contribution in [-0.4, -0.2) is 28.0 Å². The molecule has 4 aromatic rings. The van der Waals surface area contributed by atoms with Gasteiger partial charge in [0.25, 0.3) is 0 Å². The lowest BCUT2D eigenvalue weighted by Gasteiger charge is -2.18. The number of amides is 1. The quantitative estimate of drug-likeness (QED) is 0.200. The van der Waals surface area contributed by atoms with Crippen molar-refractivity contribution in [3.63, 3.8) is 0 Å². The molecule has 0 aliphatic rings. The molecule has 0 saturated carbocycles. The smallest absolute Gasteiger partial charge is 0.243 e. The predicted octanol–water partition coefficient (Wildman–Crippen LogP) is 7.12. The van der Waals surface area contributed by atoms with Crippen molar-refractivity contribution in [2.24, 2.45) is 0 Å². The van der Waals surface area contributed by atoms with E-state index in [4.69, 9.17) is 44.3 Å². The highest BCUT2D eigenvalue weighted by Gasteiger charge is 2.29. The molecular formula is C28H23Cl3N2O5S. The molecule has 4 rings (SSSR count). The van der Waals surface area contributed by atoms with Crippen LogP contribution in [0.3, 0.4) is 0 Å². The van der Waals surface area contributed by atoms with Crippen LogP contribution >= 0.6 is 34.8 Å². The SMILES string of the molecule is COc1ccc(S(=O)(=O)c2c(Cl)c(NCC(=O)Nc3ccc(Cl)cc3)cc(OCc3ccccc3)c2Cl)cc1. The van der Waals surface area contributed by atoms with E-state index >= 15 is 0 Å². The van der Waals surface area contributed by atoms with E-state index in [1.54, 1.807) is 24.3 Å². The van der Waals surface area contributed by atoms with E-state index in [0.717, 1.165) is 5.56 Å². The van der Waals surface area contributed by atoms with Crippen LogP contribution in [0.4, 0.5) is 11.4 Å². The third-order valence-corrected chi connectivity index (χ3v) is 8.65. The number of carbonyl (C=O) groups is 1. The molecule has 0 bridgehead atoms. The molecule has 4 aromatic carbocycles. The molecule has 0 fully saturated rings. The zero-order valence-corrected chi connectivity index (χ0v) is 23.7. The van der Waals surface area contributed by atoms with Gasteiger partial charge in [-0.2, -0.15) is 0 Å². The molecular weight excluding hydrogens is 583 g/mol. The van der Waals surface area contributed by atoms with E-state index in [2.05, 4.69) is 10.6 Å². The Balaban J connectivity index is 1.67. The second-order valence-electron chi connectivity index (χ2n) is 8.24. The Morgan fingerprint density at radius 3 is 2.18 bits per heavy atom. The van der Waals surface area contributed by atoms with E-state index in [9.17, 15) is 13.2 Å². The average molecular weight is 606 g/mol. The highest BCUT2D eigenvalue weighted by molar-refractivity contribution is 7.91. The van der Waals surface area contributed by atoms with Gasteiger partial charge in [0.15, 0.2) is 0 Å². The number of hydrogen-bond donors (Lipinski definition) is 2. The highest BCUT2D eigenvalue weighted by atomic mass is 35.5. The Morgan fingerprint density at radius 2 is 1.54 bits per heavy atom. The summed E-state index contributed by atoms with van der Waals surface area (Å²) in [4.78, 5) is 12.2. The summed E-state index contributed by atoms with van der Waals surface area (Å²) in [6.07, 6.45) is 0. The van der Waals surface area contributed by atoms with Gasteiger partial charge < -0.3 is 20.1 Å². The first kappa shape index (κ1) is 28.6. The fraction of sp³-hybridized carbons (Fsp3) is 0.107. The molecule has 2 N–H and O–H groups in total. The Hall–Kier alpha value is -3.43. The first-order valence-corrected chi connectivity index (χ1v) is 14.2. The lowest BCUT2D eigenvalue weighted by atomic mass is 10.2. The van der Waals surface area contributed by atoms with Crippen molar-refractivity contribution >= 4 is 61.9 Å². The third-order valence-electron chi connectivity index (χ3n) is 5.57. The molecule has 0 saturated heterocycles. The fourth-order valence-electron chi connectivity index (χ4n) is 3.58. The minimum absolute atomic E-state index is 0.0428. The number of methoxy groups -OCH3 is 1.